The summed E-state index contributed by atoms with van der Waals surface area (Å²) in [6, 6.07) is 3.54. The predicted molar refractivity (Wildman–Crippen MR) is 68.0 cm³/mol. The molecule has 1 N–H and O–H groups in total. The second-order valence-electron chi connectivity index (χ2n) is 4.23. The Hall–Kier alpha value is -2.70. The van der Waals surface area contributed by atoms with Crippen molar-refractivity contribution in [2.45, 2.75) is 6.54 Å². The van der Waals surface area contributed by atoms with Crippen molar-refractivity contribution in [2.24, 2.45) is 0 Å². The molecule has 2 heterocycles. The molecule has 0 saturated heterocycles. The van der Waals surface area contributed by atoms with Gasteiger partial charge in [0, 0.05) is 23.4 Å². The Morgan fingerprint density at radius 3 is 2.90 bits per heavy atom. The molecule has 20 heavy (non-hydrogen) atoms. The van der Waals surface area contributed by atoms with Crippen LogP contribution in [0.1, 0.15) is 0 Å². The summed E-state index contributed by atoms with van der Waals surface area (Å²) in [4.78, 5) is 10.7. The first-order chi connectivity index (χ1) is 9.67. The number of hydrogen-bond donors (Lipinski definition) is 1. The number of carboxylic acid groups (broad SMARTS) is 1. The van der Waals surface area contributed by atoms with E-state index >= 15 is 0 Å². The predicted octanol–water partition coefficient (Wildman–Crippen LogP) is 1.37. The molecule has 0 amide bonds. The lowest BCUT2D eigenvalue weighted by molar-refractivity contribution is -0.137. The molecule has 3 rings (SSSR count). The second kappa shape index (κ2) is 4.76. The normalized spacial score (nSPS) is 12.4. The Morgan fingerprint density at radius 2 is 2.20 bits per heavy atom. The lowest BCUT2D eigenvalue weighted by atomic mass is 10.1. The molecule has 0 atom stereocenters. The molecule has 1 aliphatic rings. The number of ether oxygens (including phenoxy) is 3. The molecule has 2 aromatic rings. The topological polar surface area (TPSA) is 82.8 Å². The molecule has 0 radical (unpaired) electrons. The van der Waals surface area contributed by atoms with Gasteiger partial charge in [0.15, 0.2) is 11.5 Å². The minimum Gasteiger partial charge on any atom is -0.496 e. The van der Waals surface area contributed by atoms with Crippen molar-refractivity contribution in [1.82, 2.24) is 9.78 Å². The minimum absolute atomic E-state index is 0.181. The van der Waals surface area contributed by atoms with Gasteiger partial charge in [-0.2, -0.15) is 5.10 Å². The summed E-state index contributed by atoms with van der Waals surface area (Å²) >= 11 is 0. The summed E-state index contributed by atoms with van der Waals surface area (Å²) in [7, 11) is 1.56. The maximum atomic E-state index is 10.7. The van der Waals surface area contributed by atoms with Gasteiger partial charge < -0.3 is 19.3 Å². The van der Waals surface area contributed by atoms with E-state index in [1.165, 1.54) is 4.68 Å². The number of fused-ring (bicyclic) bond motifs is 1. The number of aliphatic carboxylic acids is 1. The molecular weight excluding hydrogens is 264 g/mol. The van der Waals surface area contributed by atoms with Gasteiger partial charge in [-0.15, -0.1) is 0 Å². The zero-order valence-corrected chi connectivity index (χ0v) is 10.7. The first kappa shape index (κ1) is 12.3. The molecule has 0 saturated carbocycles. The van der Waals surface area contributed by atoms with Crippen LogP contribution in [0, 0.1) is 0 Å². The highest BCUT2D eigenvalue weighted by atomic mass is 16.7. The van der Waals surface area contributed by atoms with Crippen molar-refractivity contribution in [3.8, 4) is 28.4 Å². The first-order valence-corrected chi connectivity index (χ1v) is 5.89. The maximum absolute atomic E-state index is 10.7. The van der Waals surface area contributed by atoms with Crippen LogP contribution in [0.25, 0.3) is 11.1 Å². The molecule has 0 bridgehead atoms. The zero-order valence-electron chi connectivity index (χ0n) is 10.7. The zero-order chi connectivity index (χ0) is 14.1. The van der Waals surface area contributed by atoms with Crippen LogP contribution in [0.5, 0.6) is 17.2 Å². The molecule has 0 spiro atoms. The number of nitrogens with zero attached hydrogens (tertiary/aromatic N) is 2. The van der Waals surface area contributed by atoms with Gasteiger partial charge in [0.25, 0.3) is 0 Å². The monoisotopic (exact) mass is 276 g/mol. The molecule has 7 nitrogen and oxygen atoms in total. The smallest absolute Gasteiger partial charge is 0.325 e. The van der Waals surface area contributed by atoms with Crippen LogP contribution in [-0.2, 0) is 11.3 Å². The van der Waals surface area contributed by atoms with Crippen molar-refractivity contribution in [3.05, 3.63) is 24.5 Å². The summed E-state index contributed by atoms with van der Waals surface area (Å²) in [5.41, 5.74) is 1.52. The van der Waals surface area contributed by atoms with Gasteiger partial charge >= 0.3 is 5.97 Å². The number of carboxylic acids is 1. The lowest BCUT2D eigenvalue weighted by Gasteiger charge is -2.08. The summed E-state index contributed by atoms with van der Waals surface area (Å²) in [6.45, 7) is -0.00686. The van der Waals surface area contributed by atoms with Crippen molar-refractivity contribution in [1.29, 1.82) is 0 Å². The van der Waals surface area contributed by atoms with E-state index in [2.05, 4.69) is 5.10 Å². The van der Waals surface area contributed by atoms with Crippen molar-refractivity contribution in [2.75, 3.05) is 13.9 Å². The number of hydrogen-bond acceptors (Lipinski definition) is 5. The van der Waals surface area contributed by atoms with Crippen LogP contribution in [0.3, 0.4) is 0 Å². The molecule has 104 valence electrons. The standard InChI is InChI=1S/C13H12N2O5/c1-18-10-3-12-11(19-7-20-12)2-9(10)8-4-14-15(5-8)6-13(16)17/h2-5H,6-7H2,1H3,(H,16,17). The largest absolute Gasteiger partial charge is 0.496 e. The van der Waals surface area contributed by atoms with Gasteiger partial charge in [0.1, 0.15) is 12.3 Å². The fourth-order valence-electron chi connectivity index (χ4n) is 2.05. The average molecular weight is 276 g/mol. The third-order valence-electron chi connectivity index (χ3n) is 2.94. The highest BCUT2D eigenvalue weighted by Gasteiger charge is 2.19. The van der Waals surface area contributed by atoms with Crippen LogP contribution in [-0.4, -0.2) is 34.8 Å². The Morgan fingerprint density at radius 1 is 1.45 bits per heavy atom. The van der Waals surface area contributed by atoms with E-state index in [0.717, 1.165) is 11.1 Å². The third kappa shape index (κ3) is 2.13. The summed E-state index contributed by atoms with van der Waals surface area (Å²) in [6.07, 6.45) is 3.23. The highest BCUT2D eigenvalue weighted by molar-refractivity contribution is 5.74. The van der Waals surface area contributed by atoms with Gasteiger partial charge in [-0.3, -0.25) is 9.48 Å². The van der Waals surface area contributed by atoms with Crippen molar-refractivity contribution < 1.29 is 24.1 Å². The van der Waals surface area contributed by atoms with E-state index in [4.69, 9.17) is 19.3 Å². The van der Waals surface area contributed by atoms with Crippen LogP contribution in [0.15, 0.2) is 24.5 Å². The van der Waals surface area contributed by atoms with Crippen molar-refractivity contribution >= 4 is 5.97 Å². The molecule has 1 aliphatic heterocycles. The fourth-order valence-corrected chi connectivity index (χ4v) is 2.05. The van der Waals surface area contributed by atoms with Crippen molar-refractivity contribution in [3.63, 3.8) is 0 Å². The van der Waals surface area contributed by atoms with E-state index in [1.54, 1.807) is 31.6 Å². The molecular formula is C13H12N2O5. The molecule has 0 unspecified atom stereocenters. The number of rotatable bonds is 4. The Labute approximate surface area is 114 Å². The fraction of sp³-hybridized carbons (Fsp3) is 0.231. The second-order valence-corrected chi connectivity index (χ2v) is 4.23. The van der Waals surface area contributed by atoms with Crippen LogP contribution >= 0.6 is 0 Å². The first-order valence-electron chi connectivity index (χ1n) is 5.89. The van der Waals surface area contributed by atoms with Gasteiger partial charge in [-0.25, -0.2) is 0 Å². The van der Waals surface area contributed by atoms with Gasteiger partial charge in [-0.1, -0.05) is 0 Å². The van der Waals surface area contributed by atoms with Crippen LogP contribution in [0.2, 0.25) is 0 Å². The maximum Gasteiger partial charge on any atom is 0.325 e. The van der Waals surface area contributed by atoms with Gasteiger partial charge in [0.2, 0.25) is 6.79 Å². The molecule has 1 aromatic heterocycles. The summed E-state index contributed by atoms with van der Waals surface area (Å²) < 4.78 is 17.3. The Kier molecular flexibility index (Phi) is 2.94. The summed E-state index contributed by atoms with van der Waals surface area (Å²) in [5, 5.41) is 12.8. The van der Waals surface area contributed by atoms with Crippen LogP contribution in [0.4, 0.5) is 0 Å². The Bertz CT molecular complexity index is 665. The average Bonchev–Trinajstić information content (AvgIpc) is 3.04. The number of aromatic nitrogens is 2. The third-order valence-corrected chi connectivity index (χ3v) is 2.94. The van der Waals surface area contributed by atoms with Gasteiger partial charge in [-0.05, 0) is 6.07 Å². The number of benzene rings is 1. The Balaban J connectivity index is 2.00. The van der Waals surface area contributed by atoms with Crippen LogP contribution < -0.4 is 14.2 Å². The highest BCUT2D eigenvalue weighted by Crippen LogP contribution is 2.42. The van der Waals surface area contributed by atoms with E-state index in [1.807, 2.05) is 0 Å². The minimum atomic E-state index is -0.947. The quantitative estimate of drug-likeness (QED) is 0.908. The SMILES string of the molecule is COc1cc2c(cc1-c1cnn(CC(=O)O)c1)OCO2. The summed E-state index contributed by atoms with van der Waals surface area (Å²) in [5.74, 6) is 0.928. The number of carbonyl (C=O) groups is 1. The molecule has 0 aliphatic carbocycles. The van der Waals surface area contributed by atoms with E-state index in [-0.39, 0.29) is 13.3 Å². The number of methoxy groups -OCH3 is 1. The lowest BCUT2D eigenvalue weighted by Crippen LogP contribution is -2.08. The molecule has 7 heteroatoms. The van der Waals surface area contributed by atoms with E-state index in [0.29, 0.717) is 17.2 Å². The molecule has 1 aromatic carbocycles. The van der Waals surface area contributed by atoms with E-state index < -0.39 is 5.97 Å². The van der Waals surface area contributed by atoms with E-state index in [9.17, 15) is 4.79 Å². The molecule has 0 fully saturated rings. The van der Waals surface area contributed by atoms with Gasteiger partial charge in [0.05, 0.1) is 13.3 Å².